The molecule has 18 heavy (non-hydrogen) atoms. The number of nitrogens with zero attached hydrogens (tertiary/aromatic N) is 2. The number of nitriles is 1. The zero-order valence-electron chi connectivity index (χ0n) is 9.09. The van der Waals surface area contributed by atoms with Crippen molar-refractivity contribution >= 4 is 5.97 Å². The van der Waals surface area contributed by atoms with Crippen molar-refractivity contribution < 1.29 is 14.3 Å². The first kappa shape index (κ1) is 11.7. The third-order valence-electron chi connectivity index (χ3n) is 2.40. The molecule has 2 rings (SSSR count). The van der Waals surface area contributed by atoms with Crippen LogP contribution in [0.15, 0.2) is 36.5 Å². The van der Waals surface area contributed by atoms with Crippen LogP contribution in [0.1, 0.15) is 15.9 Å². The molecule has 0 bridgehead atoms. The normalized spacial score (nSPS) is 9.78. The molecule has 0 atom stereocenters. The highest BCUT2D eigenvalue weighted by Gasteiger charge is 2.17. The van der Waals surface area contributed by atoms with E-state index in [1.165, 1.54) is 36.5 Å². The number of pyridine rings is 1. The van der Waals surface area contributed by atoms with Crippen LogP contribution in [0.5, 0.6) is 0 Å². The molecule has 0 fully saturated rings. The lowest BCUT2D eigenvalue weighted by atomic mass is 10.0. The van der Waals surface area contributed by atoms with E-state index in [0.29, 0.717) is 5.56 Å². The Kier molecular flexibility index (Phi) is 3.02. The van der Waals surface area contributed by atoms with Gasteiger partial charge in [0.1, 0.15) is 17.4 Å². The fourth-order valence-corrected chi connectivity index (χ4v) is 1.60. The summed E-state index contributed by atoms with van der Waals surface area (Å²) in [6, 6.07) is 8.40. The zero-order chi connectivity index (χ0) is 13.1. The molecule has 0 aliphatic heterocycles. The number of aromatic carboxylic acids is 1. The molecular weight excluding hydrogens is 235 g/mol. The quantitative estimate of drug-likeness (QED) is 0.877. The van der Waals surface area contributed by atoms with Gasteiger partial charge in [0.2, 0.25) is 0 Å². The van der Waals surface area contributed by atoms with Crippen molar-refractivity contribution in [3.8, 4) is 17.3 Å². The molecular formula is C13H7FN2O2. The van der Waals surface area contributed by atoms with Crippen LogP contribution in [0, 0.1) is 17.1 Å². The lowest BCUT2D eigenvalue weighted by Crippen LogP contribution is -2.05. The van der Waals surface area contributed by atoms with Gasteiger partial charge in [0, 0.05) is 11.8 Å². The SMILES string of the molecule is N#Cc1ccnc(-c2ccc(F)cc2)c1C(=O)O. The van der Waals surface area contributed by atoms with Gasteiger partial charge < -0.3 is 5.11 Å². The summed E-state index contributed by atoms with van der Waals surface area (Å²) in [6.07, 6.45) is 1.35. The van der Waals surface area contributed by atoms with Gasteiger partial charge in [-0.3, -0.25) is 4.98 Å². The van der Waals surface area contributed by atoms with E-state index in [-0.39, 0.29) is 16.8 Å². The van der Waals surface area contributed by atoms with Crippen molar-refractivity contribution in [3.63, 3.8) is 0 Å². The van der Waals surface area contributed by atoms with E-state index in [1.807, 2.05) is 0 Å². The van der Waals surface area contributed by atoms with Gasteiger partial charge in [-0.05, 0) is 30.3 Å². The Balaban J connectivity index is 2.68. The Morgan fingerprint density at radius 3 is 2.50 bits per heavy atom. The Bertz CT molecular complexity index is 645. The monoisotopic (exact) mass is 242 g/mol. The number of benzene rings is 1. The molecule has 1 aromatic heterocycles. The van der Waals surface area contributed by atoms with Gasteiger partial charge in [-0.1, -0.05) is 0 Å². The molecule has 0 unspecified atom stereocenters. The van der Waals surface area contributed by atoms with Crippen LogP contribution in [0.4, 0.5) is 4.39 Å². The molecule has 0 amide bonds. The average molecular weight is 242 g/mol. The Morgan fingerprint density at radius 1 is 1.28 bits per heavy atom. The highest BCUT2D eigenvalue weighted by Crippen LogP contribution is 2.24. The number of rotatable bonds is 2. The van der Waals surface area contributed by atoms with E-state index in [9.17, 15) is 9.18 Å². The number of hydrogen-bond acceptors (Lipinski definition) is 3. The minimum absolute atomic E-state index is 0.0248. The standard InChI is InChI=1S/C13H7FN2O2/c14-10-3-1-8(2-4-10)12-11(13(17)18)9(7-15)5-6-16-12/h1-6H,(H,17,18). The maximum absolute atomic E-state index is 12.8. The molecule has 1 aromatic carbocycles. The summed E-state index contributed by atoms with van der Waals surface area (Å²) >= 11 is 0. The highest BCUT2D eigenvalue weighted by molar-refractivity contribution is 5.97. The van der Waals surface area contributed by atoms with Gasteiger partial charge in [-0.25, -0.2) is 9.18 Å². The first-order valence-corrected chi connectivity index (χ1v) is 5.02. The minimum Gasteiger partial charge on any atom is -0.478 e. The number of aromatic nitrogens is 1. The first-order chi connectivity index (χ1) is 8.63. The second-order valence-electron chi connectivity index (χ2n) is 3.51. The minimum atomic E-state index is -1.24. The highest BCUT2D eigenvalue weighted by atomic mass is 19.1. The van der Waals surface area contributed by atoms with E-state index in [0.717, 1.165) is 0 Å². The third kappa shape index (κ3) is 2.04. The fraction of sp³-hybridized carbons (Fsp3) is 0. The summed E-state index contributed by atoms with van der Waals surface area (Å²) in [7, 11) is 0. The molecule has 88 valence electrons. The number of halogens is 1. The number of carboxylic acids is 1. The van der Waals surface area contributed by atoms with Crippen LogP contribution < -0.4 is 0 Å². The molecule has 4 nitrogen and oxygen atoms in total. The first-order valence-electron chi connectivity index (χ1n) is 5.02. The van der Waals surface area contributed by atoms with E-state index in [2.05, 4.69) is 4.98 Å². The Hall–Kier alpha value is -2.74. The lowest BCUT2D eigenvalue weighted by molar-refractivity contribution is 0.0697. The maximum Gasteiger partial charge on any atom is 0.339 e. The van der Waals surface area contributed by atoms with E-state index < -0.39 is 11.8 Å². The molecule has 0 spiro atoms. The molecule has 0 radical (unpaired) electrons. The topological polar surface area (TPSA) is 74.0 Å². The average Bonchev–Trinajstić information content (AvgIpc) is 2.38. The summed E-state index contributed by atoms with van der Waals surface area (Å²) in [6.45, 7) is 0. The summed E-state index contributed by atoms with van der Waals surface area (Å²) in [5.41, 5.74) is 0.455. The summed E-state index contributed by atoms with van der Waals surface area (Å²) in [5, 5.41) is 18.0. The van der Waals surface area contributed by atoms with E-state index in [1.54, 1.807) is 6.07 Å². The third-order valence-corrected chi connectivity index (χ3v) is 2.40. The van der Waals surface area contributed by atoms with Gasteiger partial charge in [0.05, 0.1) is 11.3 Å². The molecule has 0 saturated heterocycles. The van der Waals surface area contributed by atoms with Gasteiger partial charge in [0.25, 0.3) is 0 Å². The maximum atomic E-state index is 12.8. The summed E-state index contributed by atoms with van der Waals surface area (Å²) < 4.78 is 12.8. The van der Waals surface area contributed by atoms with Crippen molar-refractivity contribution in [2.24, 2.45) is 0 Å². The van der Waals surface area contributed by atoms with Gasteiger partial charge in [-0.2, -0.15) is 5.26 Å². The molecule has 1 heterocycles. The van der Waals surface area contributed by atoms with Gasteiger partial charge >= 0.3 is 5.97 Å². The predicted molar refractivity (Wildman–Crippen MR) is 61.3 cm³/mol. The zero-order valence-corrected chi connectivity index (χ0v) is 9.09. The largest absolute Gasteiger partial charge is 0.478 e. The van der Waals surface area contributed by atoms with Crippen molar-refractivity contribution in [2.45, 2.75) is 0 Å². The van der Waals surface area contributed by atoms with Crippen LogP contribution in [-0.2, 0) is 0 Å². The second-order valence-corrected chi connectivity index (χ2v) is 3.51. The van der Waals surface area contributed by atoms with Gasteiger partial charge in [-0.15, -0.1) is 0 Å². The molecule has 0 aliphatic rings. The fourth-order valence-electron chi connectivity index (χ4n) is 1.60. The van der Waals surface area contributed by atoms with Crippen molar-refractivity contribution in [2.75, 3.05) is 0 Å². The van der Waals surface area contributed by atoms with E-state index >= 15 is 0 Å². The number of carbonyl (C=O) groups is 1. The molecule has 0 aliphatic carbocycles. The summed E-state index contributed by atoms with van der Waals surface area (Å²) in [5.74, 6) is -1.66. The van der Waals surface area contributed by atoms with Crippen LogP contribution in [-0.4, -0.2) is 16.1 Å². The van der Waals surface area contributed by atoms with E-state index in [4.69, 9.17) is 10.4 Å². The number of carboxylic acid groups (broad SMARTS) is 1. The van der Waals surface area contributed by atoms with Crippen LogP contribution in [0.2, 0.25) is 0 Å². The van der Waals surface area contributed by atoms with Crippen molar-refractivity contribution in [1.82, 2.24) is 4.98 Å². The predicted octanol–water partition coefficient (Wildman–Crippen LogP) is 2.46. The molecule has 2 aromatic rings. The molecule has 0 saturated carbocycles. The van der Waals surface area contributed by atoms with Crippen LogP contribution in [0.25, 0.3) is 11.3 Å². The molecule has 5 heteroatoms. The van der Waals surface area contributed by atoms with Crippen molar-refractivity contribution in [1.29, 1.82) is 5.26 Å². The summed E-state index contributed by atoms with van der Waals surface area (Å²) in [4.78, 5) is 15.1. The lowest BCUT2D eigenvalue weighted by Gasteiger charge is -2.06. The molecule has 1 N–H and O–H groups in total. The van der Waals surface area contributed by atoms with Crippen molar-refractivity contribution in [3.05, 3.63) is 53.5 Å². The Morgan fingerprint density at radius 2 is 1.94 bits per heavy atom. The Labute approximate surface area is 102 Å². The number of hydrogen-bond donors (Lipinski definition) is 1. The smallest absolute Gasteiger partial charge is 0.339 e. The second kappa shape index (κ2) is 4.63. The van der Waals surface area contributed by atoms with Crippen LogP contribution >= 0.6 is 0 Å². The van der Waals surface area contributed by atoms with Gasteiger partial charge in [0.15, 0.2) is 0 Å². The van der Waals surface area contributed by atoms with Crippen LogP contribution in [0.3, 0.4) is 0 Å².